The van der Waals surface area contributed by atoms with Gasteiger partial charge in [0, 0.05) is 15.5 Å². The van der Waals surface area contributed by atoms with Gasteiger partial charge >= 0.3 is 0 Å². The van der Waals surface area contributed by atoms with Crippen molar-refractivity contribution in [2.75, 3.05) is 0 Å². The first kappa shape index (κ1) is 19.7. The molecule has 0 spiro atoms. The van der Waals surface area contributed by atoms with E-state index in [0.29, 0.717) is 10.6 Å². The van der Waals surface area contributed by atoms with Gasteiger partial charge in [0.25, 0.3) is 5.91 Å². The van der Waals surface area contributed by atoms with E-state index in [2.05, 4.69) is 12.2 Å². The Morgan fingerprint density at radius 3 is 2.17 bits per heavy atom. The van der Waals surface area contributed by atoms with Gasteiger partial charge in [0.2, 0.25) is 3.79 Å². The van der Waals surface area contributed by atoms with E-state index in [1.165, 1.54) is 11.8 Å². The maximum absolute atomic E-state index is 12.4. The van der Waals surface area contributed by atoms with E-state index in [-0.39, 0.29) is 5.91 Å². The Kier molecular flexibility index (Phi) is 7.14. The van der Waals surface area contributed by atoms with E-state index in [9.17, 15) is 4.79 Å². The van der Waals surface area contributed by atoms with Crippen LogP contribution in [0.5, 0.6) is 0 Å². The minimum atomic E-state index is -1.66. The molecular weight excluding hydrogens is 408 g/mol. The number of nitrogens with one attached hydrogen (secondary N) is 1. The summed E-state index contributed by atoms with van der Waals surface area (Å²) in [5.41, 5.74) is 1.67. The zero-order valence-corrected chi connectivity index (χ0v) is 16.6. The molecule has 0 bridgehead atoms. The fourth-order valence-electron chi connectivity index (χ4n) is 1.92. The van der Waals surface area contributed by atoms with Crippen LogP contribution >= 0.6 is 58.2 Å². The molecule has 0 heterocycles. The zero-order chi connectivity index (χ0) is 17.7. The third-order valence-corrected chi connectivity index (χ3v) is 5.80. The molecule has 0 aromatic heterocycles. The molecule has 24 heavy (non-hydrogen) atoms. The average Bonchev–Trinajstić information content (AvgIpc) is 2.55. The third kappa shape index (κ3) is 5.75. The summed E-state index contributed by atoms with van der Waals surface area (Å²) in [6, 6.07) is 14.4. The van der Waals surface area contributed by atoms with Crippen LogP contribution in [0.3, 0.4) is 0 Å². The lowest BCUT2D eigenvalue weighted by Crippen LogP contribution is -2.41. The van der Waals surface area contributed by atoms with Crippen LogP contribution in [-0.2, 0) is 6.42 Å². The number of halogens is 4. The number of carbonyl (C=O) groups excluding carboxylic acids is 1. The van der Waals surface area contributed by atoms with Crippen molar-refractivity contribution in [3.05, 3.63) is 64.7 Å². The Labute approximate surface area is 165 Å². The quantitative estimate of drug-likeness (QED) is 0.357. The van der Waals surface area contributed by atoms with E-state index in [0.717, 1.165) is 16.9 Å². The normalized spacial score (nSPS) is 12.7. The standard InChI is InChI=1S/C17H15Cl4NOS/c1-2-11-3-5-12(6-4-11)15(23)22-16(17(19,20)21)24-14-9-7-13(18)8-10-14/h3-10,16H,2H2,1H3,(H,22,23). The van der Waals surface area contributed by atoms with Gasteiger partial charge in [-0.25, -0.2) is 0 Å². The molecule has 0 saturated carbocycles. The lowest BCUT2D eigenvalue weighted by molar-refractivity contribution is 0.0950. The smallest absolute Gasteiger partial charge is 0.252 e. The number of benzene rings is 2. The Morgan fingerprint density at radius 1 is 1.08 bits per heavy atom. The summed E-state index contributed by atoms with van der Waals surface area (Å²) in [4.78, 5) is 13.3. The number of alkyl halides is 3. The predicted octanol–water partition coefficient (Wildman–Crippen LogP) is 6.12. The number of carbonyl (C=O) groups is 1. The molecule has 2 rings (SSSR count). The monoisotopic (exact) mass is 421 g/mol. The summed E-state index contributed by atoms with van der Waals surface area (Å²) in [7, 11) is 0. The maximum atomic E-state index is 12.4. The van der Waals surface area contributed by atoms with Gasteiger partial charge in [-0.05, 0) is 48.4 Å². The fourth-order valence-corrected chi connectivity index (χ4v) is 3.48. The second-order valence-corrected chi connectivity index (χ2v) is 9.00. The summed E-state index contributed by atoms with van der Waals surface area (Å²) in [5, 5.41) is 2.64. The van der Waals surface area contributed by atoms with Crippen LogP contribution in [0.4, 0.5) is 0 Å². The third-order valence-electron chi connectivity index (χ3n) is 3.25. The summed E-state index contributed by atoms with van der Waals surface area (Å²) < 4.78 is -1.66. The molecule has 0 aliphatic heterocycles. The van der Waals surface area contributed by atoms with Gasteiger partial charge < -0.3 is 5.32 Å². The van der Waals surface area contributed by atoms with Crippen LogP contribution in [0.25, 0.3) is 0 Å². The maximum Gasteiger partial charge on any atom is 0.252 e. The minimum absolute atomic E-state index is 0.296. The molecule has 2 aromatic rings. The summed E-state index contributed by atoms with van der Waals surface area (Å²) in [6.07, 6.45) is 0.908. The molecule has 0 aliphatic carbocycles. The van der Waals surface area contributed by atoms with Gasteiger partial charge in [0.1, 0.15) is 5.37 Å². The molecule has 128 valence electrons. The lowest BCUT2D eigenvalue weighted by atomic mass is 10.1. The number of aryl methyl sites for hydroxylation is 1. The van der Waals surface area contributed by atoms with Crippen LogP contribution in [-0.4, -0.2) is 15.1 Å². The highest BCUT2D eigenvalue weighted by Crippen LogP contribution is 2.39. The molecule has 1 N–H and O–H groups in total. The zero-order valence-electron chi connectivity index (χ0n) is 12.7. The average molecular weight is 423 g/mol. The van der Waals surface area contributed by atoms with Crippen LogP contribution in [0.1, 0.15) is 22.8 Å². The van der Waals surface area contributed by atoms with Gasteiger partial charge in [-0.15, -0.1) is 0 Å². The van der Waals surface area contributed by atoms with Crippen molar-refractivity contribution in [2.45, 2.75) is 27.4 Å². The molecule has 2 nitrogen and oxygen atoms in total. The van der Waals surface area contributed by atoms with Crippen LogP contribution < -0.4 is 5.32 Å². The molecule has 0 fully saturated rings. The van der Waals surface area contributed by atoms with Crippen molar-refractivity contribution in [1.82, 2.24) is 5.32 Å². The van der Waals surface area contributed by atoms with Gasteiger partial charge in [0.05, 0.1) is 0 Å². The highest BCUT2D eigenvalue weighted by Gasteiger charge is 2.35. The molecule has 7 heteroatoms. The Hall–Kier alpha value is -0.580. The van der Waals surface area contributed by atoms with Crippen molar-refractivity contribution < 1.29 is 4.79 Å². The SMILES string of the molecule is CCc1ccc(C(=O)NC(Sc2ccc(Cl)cc2)C(Cl)(Cl)Cl)cc1. The van der Waals surface area contributed by atoms with E-state index in [4.69, 9.17) is 46.4 Å². The van der Waals surface area contributed by atoms with E-state index >= 15 is 0 Å². The summed E-state index contributed by atoms with van der Waals surface area (Å²) >= 11 is 25.2. The van der Waals surface area contributed by atoms with E-state index < -0.39 is 9.17 Å². The molecule has 1 atom stereocenters. The molecule has 0 aliphatic rings. The van der Waals surface area contributed by atoms with Gasteiger partial charge in [-0.3, -0.25) is 4.79 Å². The number of amides is 1. The Morgan fingerprint density at radius 2 is 1.67 bits per heavy atom. The highest BCUT2D eigenvalue weighted by molar-refractivity contribution is 8.00. The van der Waals surface area contributed by atoms with Crippen molar-refractivity contribution in [3.8, 4) is 0 Å². The number of hydrogen-bond donors (Lipinski definition) is 1. The molecule has 0 saturated heterocycles. The van der Waals surface area contributed by atoms with Crippen molar-refractivity contribution in [1.29, 1.82) is 0 Å². The number of thioether (sulfide) groups is 1. The summed E-state index contributed by atoms with van der Waals surface area (Å²) in [6.45, 7) is 2.05. The first-order chi connectivity index (χ1) is 11.3. The first-order valence-corrected chi connectivity index (χ1v) is 9.57. The topological polar surface area (TPSA) is 29.1 Å². The molecule has 1 amide bonds. The second-order valence-electron chi connectivity index (χ2n) is 5.02. The summed E-state index contributed by atoms with van der Waals surface area (Å²) in [5.74, 6) is -0.296. The Balaban J connectivity index is 2.13. The number of hydrogen-bond acceptors (Lipinski definition) is 2. The van der Waals surface area contributed by atoms with Crippen LogP contribution in [0, 0.1) is 0 Å². The molecule has 1 unspecified atom stereocenters. The predicted molar refractivity (Wildman–Crippen MR) is 105 cm³/mol. The van der Waals surface area contributed by atoms with Crippen molar-refractivity contribution in [3.63, 3.8) is 0 Å². The first-order valence-electron chi connectivity index (χ1n) is 7.18. The molecule has 0 radical (unpaired) electrons. The van der Waals surface area contributed by atoms with Crippen LogP contribution in [0.15, 0.2) is 53.4 Å². The van der Waals surface area contributed by atoms with Gasteiger partial charge in [-0.2, -0.15) is 0 Å². The second kappa shape index (κ2) is 8.68. The lowest BCUT2D eigenvalue weighted by Gasteiger charge is -2.25. The van der Waals surface area contributed by atoms with Crippen LogP contribution in [0.2, 0.25) is 5.02 Å². The van der Waals surface area contributed by atoms with Crippen molar-refractivity contribution >= 4 is 64.1 Å². The largest absolute Gasteiger partial charge is 0.336 e. The van der Waals surface area contributed by atoms with E-state index in [1.54, 1.807) is 36.4 Å². The molecular formula is C17H15Cl4NOS. The highest BCUT2D eigenvalue weighted by atomic mass is 35.6. The fraction of sp³-hybridized carbons (Fsp3) is 0.235. The van der Waals surface area contributed by atoms with Crippen molar-refractivity contribution in [2.24, 2.45) is 0 Å². The van der Waals surface area contributed by atoms with Gasteiger partial charge in [-0.1, -0.05) is 77.2 Å². The van der Waals surface area contributed by atoms with Gasteiger partial charge in [0.15, 0.2) is 0 Å². The number of rotatable bonds is 5. The Bertz CT molecular complexity index is 683. The molecule has 2 aromatic carbocycles. The minimum Gasteiger partial charge on any atom is -0.336 e. The van der Waals surface area contributed by atoms with E-state index in [1.807, 2.05) is 12.1 Å².